The molecule has 0 bridgehead atoms. The molecule has 0 N–H and O–H groups in total. The summed E-state index contributed by atoms with van der Waals surface area (Å²) in [6, 6.07) is 33.6. The minimum atomic E-state index is 0.210. The normalized spacial score (nSPS) is 15.6. The van der Waals surface area contributed by atoms with Crippen molar-refractivity contribution in [1.82, 2.24) is 0 Å². The Morgan fingerprint density at radius 2 is 1.00 bits per heavy atom. The molecule has 0 saturated carbocycles. The number of benzene rings is 5. The van der Waals surface area contributed by atoms with E-state index in [1.165, 1.54) is 69.4 Å². The molecule has 5 aliphatic heterocycles. The highest BCUT2D eigenvalue weighted by atomic mass is 32.2. The molecule has 36 heavy (non-hydrogen) atoms. The van der Waals surface area contributed by atoms with Crippen LogP contribution in [-0.4, -0.2) is 13.4 Å². The van der Waals surface area contributed by atoms with Gasteiger partial charge >= 0.3 is 0 Å². The Labute approximate surface area is 217 Å². The van der Waals surface area contributed by atoms with E-state index in [1.54, 1.807) is 0 Å². The van der Waals surface area contributed by atoms with E-state index in [4.69, 9.17) is 4.74 Å². The molecule has 5 aromatic rings. The zero-order chi connectivity index (χ0) is 23.1. The summed E-state index contributed by atoms with van der Waals surface area (Å²) in [5, 5.41) is 0. The van der Waals surface area contributed by atoms with Crippen molar-refractivity contribution in [3.05, 3.63) is 91.0 Å². The van der Waals surface area contributed by atoms with Crippen LogP contribution in [0.25, 0.3) is 0 Å². The molecule has 10 rings (SSSR count). The van der Waals surface area contributed by atoms with Crippen LogP contribution in [0.5, 0.6) is 11.5 Å². The van der Waals surface area contributed by atoms with Crippen molar-refractivity contribution in [2.45, 2.75) is 19.6 Å². The van der Waals surface area contributed by atoms with Crippen LogP contribution >= 0.6 is 23.5 Å². The summed E-state index contributed by atoms with van der Waals surface area (Å²) in [6.07, 6.45) is 0. The molecule has 5 aliphatic rings. The maximum atomic E-state index is 6.66. The van der Waals surface area contributed by atoms with Crippen molar-refractivity contribution in [3.63, 3.8) is 0 Å². The SMILES string of the molecule is c1ccc2c(c1)Sc1cc3c4c5c1B2c1cccc2c1N5c1c(cccc1B4c1ccccc1S3)O2. The highest BCUT2D eigenvalue weighted by Gasteiger charge is 2.51. The highest BCUT2D eigenvalue weighted by molar-refractivity contribution is 8.01. The topological polar surface area (TPSA) is 12.5 Å². The summed E-state index contributed by atoms with van der Waals surface area (Å²) in [5.41, 5.74) is 12.3. The number of para-hydroxylation sites is 2. The van der Waals surface area contributed by atoms with Gasteiger partial charge in [-0.15, -0.1) is 0 Å². The molecule has 2 nitrogen and oxygen atoms in total. The number of hydrogen-bond donors (Lipinski definition) is 0. The third-order valence-electron chi connectivity index (χ3n) is 8.35. The Kier molecular flexibility index (Phi) is 3.26. The largest absolute Gasteiger partial charge is 0.453 e. The van der Waals surface area contributed by atoms with Gasteiger partial charge in [0.05, 0.1) is 11.4 Å². The summed E-state index contributed by atoms with van der Waals surface area (Å²) in [6.45, 7) is 0.421. The van der Waals surface area contributed by atoms with Gasteiger partial charge in [-0.05, 0) is 52.2 Å². The van der Waals surface area contributed by atoms with Crippen LogP contribution in [0.2, 0.25) is 0 Å². The van der Waals surface area contributed by atoms with Gasteiger partial charge in [-0.1, -0.05) is 95.1 Å². The minimum Gasteiger partial charge on any atom is -0.453 e. The van der Waals surface area contributed by atoms with Crippen LogP contribution in [0.1, 0.15) is 0 Å². The zero-order valence-electron chi connectivity index (χ0n) is 19.0. The Bertz CT molecular complexity index is 1740. The van der Waals surface area contributed by atoms with Crippen LogP contribution in [0.4, 0.5) is 17.1 Å². The molecule has 0 aromatic heterocycles. The van der Waals surface area contributed by atoms with Crippen LogP contribution in [-0.2, 0) is 0 Å². The van der Waals surface area contributed by atoms with E-state index < -0.39 is 0 Å². The monoisotopic (exact) mass is 491 g/mol. The second-order valence-electron chi connectivity index (χ2n) is 10.0. The van der Waals surface area contributed by atoms with E-state index in [-0.39, 0.29) is 13.4 Å². The van der Waals surface area contributed by atoms with E-state index in [0.717, 1.165) is 11.5 Å². The number of rotatable bonds is 0. The fourth-order valence-corrected chi connectivity index (χ4v) is 9.53. The molecule has 5 heterocycles. The van der Waals surface area contributed by atoms with E-state index >= 15 is 0 Å². The van der Waals surface area contributed by atoms with Crippen molar-refractivity contribution in [3.8, 4) is 11.5 Å². The third kappa shape index (κ3) is 2.03. The van der Waals surface area contributed by atoms with Crippen molar-refractivity contribution in [1.29, 1.82) is 0 Å². The van der Waals surface area contributed by atoms with Gasteiger partial charge in [0, 0.05) is 25.3 Å². The molecule has 0 unspecified atom stereocenters. The van der Waals surface area contributed by atoms with Gasteiger partial charge in [-0.2, -0.15) is 0 Å². The van der Waals surface area contributed by atoms with Gasteiger partial charge in [0.25, 0.3) is 0 Å². The summed E-state index contributed by atoms with van der Waals surface area (Å²) >= 11 is 3.87. The van der Waals surface area contributed by atoms with Crippen LogP contribution < -0.4 is 42.4 Å². The summed E-state index contributed by atoms with van der Waals surface area (Å²) in [4.78, 5) is 8.06. The molecular formula is C30H15B2NOS2. The first-order valence-corrected chi connectivity index (χ1v) is 14.0. The first-order chi connectivity index (χ1) is 17.9. The van der Waals surface area contributed by atoms with Gasteiger partial charge in [0.2, 0.25) is 13.4 Å². The lowest BCUT2D eigenvalue weighted by Gasteiger charge is -2.49. The van der Waals surface area contributed by atoms with Gasteiger partial charge in [0.1, 0.15) is 0 Å². The highest BCUT2D eigenvalue weighted by Crippen LogP contribution is 2.54. The summed E-state index contributed by atoms with van der Waals surface area (Å²) < 4.78 is 6.66. The average Bonchev–Trinajstić information content (AvgIpc) is 2.92. The van der Waals surface area contributed by atoms with Crippen molar-refractivity contribution in [2.24, 2.45) is 0 Å². The molecule has 0 spiro atoms. The lowest BCUT2D eigenvalue weighted by Crippen LogP contribution is -2.67. The maximum absolute atomic E-state index is 6.66. The lowest BCUT2D eigenvalue weighted by molar-refractivity contribution is 0.478. The molecule has 0 aliphatic carbocycles. The second-order valence-corrected chi connectivity index (χ2v) is 12.2. The summed E-state index contributed by atoms with van der Waals surface area (Å²) in [5.74, 6) is 1.92. The number of nitrogens with zero attached hydrogens (tertiary/aromatic N) is 1. The molecule has 6 heteroatoms. The summed E-state index contributed by atoms with van der Waals surface area (Å²) in [7, 11) is 0. The maximum Gasteiger partial charge on any atom is 0.249 e. The molecular weight excluding hydrogens is 476 g/mol. The first kappa shape index (κ1) is 18.8. The van der Waals surface area contributed by atoms with E-state index in [0.29, 0.717) is 0 Å². The Balaban J connectivity index is 1.42. The Morgan fingerprint density at radius 3 is 1.56 bits per heavy atom. The van der Waals surface area contributed by atoms with Crippen molar-refractivity contribution < 1.29 is 4.74 Å². The number of fused-ring (bicyclic) bond motifs is 6. The molecule has 0 atom stereocenters. The smallest absolute Gasteiger partial charge is 0.249 e. The Morgan fingerprint density at radius 1 is 0.500 bits per heavy atom. The van der Waals surface area contributed by atoms with Crippen molar-refractivity contribution in [2.75, 3.05) is 4.90 Å². The third-order valence-corrected chi connectivity index (χ3v) is 10.7. The van der Waals surface area contributed by atoms with E-state index in [9.17, 15) is 0 Å². The van der Waals surface area contributed by atoms with Gasteiger partial charge in [-0.25, -0.2) is 0 Å². The fraction of sp³-hybridized carbons (Fsp3) is 0. The molecule has 0 radical (unpaired) electrons. The minimum absolute atomic E-state index is 0.210. The van der Waals surface area contributed by atoms with Crippen LogP contribution in [0.3, 0.4) is 0 Å². The molecule has 0 saturated heterocycles. The van der Waals surface area contributed by atoms with Gasteiger partial charge in [-0.3, -0.25) is 0 Å². The van der Waals surface area contributed by atoms with Crippen LogP contribution in [0, 0.1) is 0 Å². The van der Waals surface area contributed by atoms with E-state index in [2.05, 4.69) is 95.9 Å². The molecule has 0 fully saturated rings. The van der Waals surface area contributed by atoms with Gasteiger partial charge in [0.15, 0.2) is 11.5 Å². The molecule has 5 aromatic carbocycles. The van der Waals surface area contributed by atoms with Crippen molar-refractivity contribution >= 4 is 86.8 Å². The lowest BCUT2D eigenvalue weighted by atomic mass is 9.30. The Hall–Kier alpha value is -3.47. The predicted octanol–water partition coefficient (Wildman–Crippen LogP) is 3.85. The van der Waals surface area contributed by atoms with Gasteiger partial charge < -0.3 is 9.64 Å². The second kappa shape index (κ2) is 6.26. The number of anilines is 3. The quantitative estimate of drug-likeness (QED) is 0.299. The zero-order valence-corrected chi connectivity index (χ0v) is 20.6. The fourth-order valence-electron chi connectivity index (χ4n) is 7.08. The average molecular weight is 491 g/mol. The number of hydrogen-bond acceptors (Lipinski definition) is 4. The molecule has 164 valence electrons. The molecule has 0 amide bonds. The van der Waals surface area contributed by atoms with E-state index in [1.807, 2.05) is 23.5 Å². The van der Waals surface area contributed by atoms with Crippen LogP contribution in [0.15, 0.2) is 111 Å². The standard InChI is InChI=1S/C30H15B2NOS2/c1-3-13-22-16(7-1)31-18-9-5-11-20-28(18)33-29-19(10-6-12-21(29)34-20)32-17-8-2-4-14-23(17)36-25-15-24(35-22)26(31)30(33)27(25)32/h1-15H. The predicted molar refractivity (Wildman–Crippen MR) is 152 cm³/mol. The number of ether oxygens (including phenoxy) is 1. The first-order valence-electron chi connectivity index (χ1n) is 12.3.